The normalized spacial score (nSPS) is 18.3. The van der Waals surface area contributed by atoms with Gasteiger partial charge in [-0.3, -0.25) is 30.6 Å². The summed E-state index contributed by atoms with van der Waals surface area (Å²) >= 11 is 0. The topological polar surface area (TPSA) is 101 Å². The highest BCUT2D eigenvalue weighted by Gasteiger charge is 2.43. The highest BCUT2D eigenvalue weighted by atomic mass is 16.6. The van der Waals surface area contributed by atoms with Crippen molar-refractivity contribution in [3.8, 4) is 0 Å². The molecule has 0 heterocycles. The van der Waals surface area contributed by atoms with E-state index in [4.69, 9.17) is 0 Å². The third-order valence-corrected chi connectivity index (χ3v) is 4.19. The van der Waals surface area contributed by atoms with E-state index in [0.717, 1.165) is 12.0 Å². The van der Waals surface area contributed by atoms with Crippen LogP contribution in [0.15, 0.2) is 60.7 Å². The summed E-state index contributed by atoms with van der Waals surface area (Å²) in [6.45, 7) is 0. The molecule has 7 nitrogen and oxygen atoms in total. The molecule has 3 rings (SSSR count). The summed E-state index contributed by atoms with van der Waals surface area (Å²) in [7, 11) is 0. The van der Waals surface area contributed by atoms with Gasteiger partial charge in [0.2, 0.25) is 5.91 Å². The second-order valence-electron chi connectivity index (χ2n) is 6.02. The van der Waals surface area contributed by atoms with E-state index >= 15 is 0 Å². The number of nitro benzene ring substituents is 1. The van der Waals surface area contributed by atoms with E-state index in [9.17, 15) is 19.7 Å². The van der Waals surface area contributed by atoms with Crippen LogP contribution < -0.4 is 10.9 Å². The Bertz CT molecular complexity index is 847. The Kier molecular flexibility index (Phi) is 5.07. The largest absolute Gasteiger partial charge is 0.273 e. The van der Waals surface area contributed by atoms with Gasteiger partial charge < -0.3 is 0 Å². The lowest BCUT2D eigenvalue weighted by atomic mass is 10.1. The summed E-state index contributed by atoms with van der Waals surface area (Å²) < 4.78 is 0. The standard InChI is InChI=1S/C19H17N3O4/c23-18(11-8-13-6-9-15(10-7-13)22(25)26)20-21-19(24)17-12-16(17)14-4-2-1-3-5-14/h1-11,16-17H,12H2,(H,20,23)(H,21,24)/b11-8+/t16-,17-/m1/s1. The summed E-state index contributed by atoms with van der Waals surface area (Å²) in [4.78, 5) is 33.9. The maximum Gasteiger partial charge on any atom is 0.269 e. The van der Waals surface area contributed by atoms with Gasteiger partial charge in [0.05, 0.1) is 4.92 Å². The van der Waals surface area contributed by atoms with Crippen LogP contribution in [0.5, 0.6) is 0 Å². The van der Waals surface area contributed by atoms with Gasteiger partial charge in [0, 0.05) is 24.1 Å². The van der Waals surface area contributed by atoms with Gasteiger partial charge in [-0.1, -0.05) is 30.3 Å². The van der Waals surface area contributed by atoms with Crippen molar-refractivity contribution in [3.63, 3.8) is 0 Å². The van der Waals surface area contributed by atoms with Gasteiger partial charge in [-0.2, -0.15) is 0 Å². The van der Waals surface area contributed by atoms with Crippen LogP contribution in [0.25, 0.3) is 6.08 Å². The predicted molar refractivity (Wildman–Crippen MR) is 95.7 cm³/mol. The molecule has 0 radical (unpaired) electrons. The van der Waals surface area contributed by atoms with Crippen molar-refractivity contribution in [2.24, 2.45) is 5.92 Å². The molecule has 0 unspecified atom stereocenters. The van der Waals surface area contributed by atoms with E-state index in [-0.39, 0.29) is 23.4 Å². The highest BCUT2D eigenvalue weighted by Crippen LogP contribution is 2.47. The monoisotopic (exact) mass is 351 g/mol. The van der Waals surface area contributed by atoms with Crippen LogP contribution in [0.4, 0.5) is 5.69 Å². The molecule has 0 spiro atoms. The van der Waals surface area contributed by atoms with E-state index in [2.05, 4.69) is 10.9 Å². The van der Waals surface area contributed by atoms with E-state index in [0.29, 0.717) is 5.56 Å². The average Bonchev–Trinajstić information content (AvgIpc) is 3.46. The molecular formula is C19H17N3O4. The number of non-ortho nitro benzene ring substituents is 1. The molecule has 0 aromatic heterocycles. The summed E-state index contributed by atoms with van der Waals surface area (Å²) in [5.74, 6) is -0.621. The van der Waals surface area contributed by atoms with Gasteiger partial charge in [-0.25, -0.2) is 0 Å². The summed E-state index contributed by atoms with van der Waals surface area (Å²) in [6.07, 6.45) is 3.53. The number of amides is 2. The summed E-state index contributed by atoms with van der Waals surface area (Å²) in [5, 5.41) is 10.6. The molecule has 26 heavy (non-hydrogen) atoms. The second kappa shape index (κ2) is 7.60. The fraction of sp³-hybridized carbons (Fsp3) is 0.158. The maximum absolute atomic E-state index is 12.1. The van der Waals surface area contributed by atoms with E-state index in [1.54, 1.807) is 0 Å². The molecule has 2 aromatic carbocycles. The van der Waals surface area contributed by atoms with Crippen molar-refractivity contribution < 1.29 is 14.5 Å². The average molecular weight is 351 g/mol. The molecular weight excluding hydrogens is 334 g/mol. The Morgan fingerprint density at radius 3 is 2.38 bits per heavy atom. The predicted octanol–water partition coefficient (Wildman–Crippen LogP) is 2.56. The van der Waals surface area contributed by atoms with Crippen LogP contribution in [-0.4, -0.2) is 16.7 Å². The lowest BCUT2D eigenvalue weighted by Crippen LogP contribution is -2.41. The third kappa shape index (κ3) is 4.32. The first-order chi connectivity index (χ1) is 12.5. The van der Waals surface area contributed by atoms with Gasteiger partial charge >= 0.3 is 0 Å². The van der Waals surface area contributed by atoms with E-state index in [1.807, 2.05) is 30.3 Å². The second-order valence-corrected chi connectivity index (χ2v) is 6.02. The van der Waals surface area contributed by atoms with Gasteiger partial charge in [0.15, 0.2) is 0 Å². The number of nitrogens with one attached hydrogen (secondary N) is 2. The number of nitrogens with zero attached hydrogens (tertiary/aromatic N) is 1. The quantitative estimate of drug-likeness (QED) is 0.491. The number of hydrazine groups is 1. The number of benzene rings is 2. The molecule has 2 N–H and O–H groups in total. The zero-order chi connectivity index (χ0) is 18.5. The molecule has 7 heteroatoms. The van der Waals surface area contributed by atoms with Gasteiger partial charge in [-0.15, -0.1) is 0 Å². The molecule has 2 amide bonds. The Labute approximate surface area is 149 Å². The van der Waals surface area contributed by atoms with Crippen LogP contribution in [0.1, 0.15) is 23.5 Å². The number of hydrogen-bond acceptors (Lipinski definition) is 4. The number of hydrogen-bond donors (Lipinski definition) is 2. The van der Waals surface area contributed by atoms with Crippen molar-refractivity contribution in [1.82, 2.24) is 10.9 Å². The molecule has 1 aliphatic rings. The molecule has 132 valence electrons. The van der Waals surface area contributed by atoms with Crippen molar-refractivity contribution in [3.05, 3.63) is 81.9 Å². The van der Waals surface area contributed by atoms with Crippen molar-refractivity contribution >= 4 is 23.6 Å². The zero-order valence-electron chi connectivity index (χ0n) is 13.8. The molecule has 1 saturated carbocycles. The minimum atomic E-state index is -0.490. The van der Waals surface area contributed by atoms with Crippen LogP contribution in [0.2, 0.25) is 0 Å². The lowest BCUT2D eigenvalue weighted by molar-refractivity contribution is -0.384. The van der Waals surface area contributed by atoms with Crippen molar-refractivity contribution in [2.75, 3.05) is 0 Å². The first-order valence-electron chi connectivity index (χ1n) is 8.12. The van der Waals surface area contributed by atoms with Crippen molar-refractivity contribution in [1.29, 1.82) is 0 Å². The van der Waals surface area contributed by atoms with Crippen LogP contribution in [-0.2, 0) is 9.59 Å². The van der Waals surface area contributed by atoms with Crippen LogP contribution in [0, 0.1) is 16.0 Å². The van der Waals surface area contributed by atoms with Gasteiger partial charge in [0.1, 0.15) is 0 Å². The minimum Gasteiger partial charge on any atom is -0.273 e. The third-order valence-electron chi connectivity index (χ3n) is 4.19. The van der Waals surface area contributed by atoms with E-state index in [1.165, 1.54) is 36.4 Å². The molecule has 0 aliphatic heterocycles. The molecule has 1 fully saturated rings. The lowest BCUT2D eigenvalue weighted by Gasteiger charge is -2.05. The number of nitro groups is 1. The number of carbonyl (C=O) groups excluding carboxylic acids is 2. The Balaban J connectivity index is 1.45. The molecule has 0 saturated heterocycles. The fourth-order valence-electron chi connectivity index (χ4n) is 2.69. The van der Waals surface area contributed by atoms with Gasteiger partial charge in [0.25, 0.3) is 11.6 Å². The molecule has 0 bridgehead atoms. The fourth-order valence-corrected chi connectivity index (χ4v) is 2.69. The Morgan fingerprint density at radius 1 is 1.04 bits per heavy atom. The molecule has 1 aliphatic carbocycles. The SMILES string of the molecule is O=C(/C=C/c1ccc([N+](=O)[O-])cc1)NNC(=O)[C@@H]1C[C@@H]1c1ccccc1. The summed E-state index contributed by atoms with van der Waals surface area (Å²) in [6, 6.07) is 15.6. The minimum absolute atomic E-state index is 0.0173. The number of carbonyl (C=O) groups is 2. The molecule has 2 atom stereocenters. The molecule has 2 aromatic rings. The zero-order valence-corrected chi connectivity index (χ0v) is 13.8. The first-order valence-corrected chi connectivity index (χ1v) is 8.12. The van der Waals surface area contributed by atoms with E-state index < -0.39 is 10.8 Å². The summed E-state index contributed by atoms with van der Waals surface area (Å²) in [5.41, 5.74) is 6.51. The first kappa shape index (κ1) is 17.3. The van der Waals surface area contributed by atoms with Crippen LogP contribution >= 0.6 is 0 Å². The van der Waals surface area contributed by atoms with Crippen LogP contribution in [0.3, 0.4) is 0 Å². The highest BCUT2D eigenvalue weighted by molar-refractivity contribution is 5.93. The van der Waals surface area contributed by atoms with Gasteiger partial charge in [-0.05, 0) is 41.7 Å². The smallest absolute Gasteiger partial charge is 0.269 e. The Hall–Kier alpha value is -3.48. The van der Waals surface area contributed by atoms with Crippen molar-refractivity contribution in [2.45, 2.75) is 12.3 Å². The number of rotatable bonds is 5. The Morgan fingerprint density at radius 2 is 1.73 bits per heavy atom. The maximum atomic E-state index is 12.1.